The number of aromatic amines is 1. The molecule has 0 amide bonds. The number of fused-ring (bicyclic) bond motifs is 1. The van der Waals surface area contributed by atoms with E-state index in [0.717, 1.165) is 17.8 Å². The summed E-state index contributed by atoms with van der Waals surface area (Å²) in [6.45, 7) is 7.28. The number of nitrogens with zero attached hydrogens (tertiary/aromatic N) is 1. The molecule has 0 spiro atoms. The summed E-state index contributed by atoms with van der Waals surface area (Å²) in [5.74, 6) is 1.21. The molecule has 1 aromatic heterocycles. The second-order valence-electron chi connectivity index (χ2n) is 6.83. The lowest BCUT2D eigenvalue weighted by Crippen LogP contribution is -2.85. The van der Waals surface area contributed by atoms with E-state index in [9.17, 15) is 4.79 Å². The van der Waals surface area contributed by atoms with Crippen molar-refractivity contribution in [1.29, 1.82) is 0 Å². The third kappa shape index (κ3) is 3.97. The topological polar surface area (TPSA) is 62.4 Å². The molecule has 0 aliphatic heterocycles. The standard InChI is InChI=1S/C21H25N3O/c1-4-15-9-11-16(12-10-15)20(14(2)3)22-13-19-23-18-8-6-5-7-17(18)21(25)24-19/h5-12,14,20,22H,4,13H2,1-3H3,(H,23,24,25)/p+1/t20-/m1/s1. The number of quaternary nitrogens is 1. The van der Waals surface area contributed by atoms with Crippen LogP contribution in [0.2, 0.25) is 0 Å². The van der Waals surface area contributed by atoms with Crippen molar-refractivity contribution in [1.82, 2.24) is 9.97 Å². The Balaban J connectivity index is 1.80. The molecule has 2 aromatic carbocycles. The maximum Gasteiger partial charge on any atom is 0.258 e. The highest BCUT2D eigenvalue weighted by molar-refractivity contribution is 5.77. The molecular weight excluding hydrogens is 310 g/mol. The van der Waals surface area contributed by atoms with Crippen molar-refractivity contribution in [3.8, 4) is 0 Å². The van der Waals surface area contributed by atoms with E-state index in [4.69, 9.17) is 0 Å². The Kier molecular flexibility index (Phi) is 5.29. The van der Waals surface area contributed by atoms with Gasteiger partial charge in [-0.2, -0.15) is 0 Å². The fraction of sp³-hybridized carbons (Fsp3) is 0.333. The van der Waals surface area contributed by atoms with Gasteiger partial charge in [-0.05, 0) is 24.1 Å². The predicted octanol–water partition coefficient (Wildman–Crippen LogP) is 2.95. The number of H-pyrrole nitrogens is 1. The van der Waals surface area contributed by atoms with E-state index < -0.39 is 0 Å². The molecule has 0 radical (unpaired) electrons. The van der Waals surface area contributed by atoms with Gasteiger partial charge in [-0.25, -0.2) is 4.98 Å². The van der Waals surface area contributed by atoms with Gasteiger partial charge in [0.05, 0.1) is 10.9 Å². The number of para-hydroxylation sites is 1. The zero-order valence-corrected chi connectivity index (χ0v) is 15.1. The van der Waals surface area contributed by atoms with Crippen molar-refractivity contribution < 1.29 is 5.32 Å². The van der Waals surface area contributed by atoms with E-state index in [2.05, 4.69) is 60.3 Å². The molecule has 0 bridgehead atoms. The normalized spacial score (nSPS) is 12.6. The summed E-state index contributed by atoms with van der Waals surface area (Å²) in [6.07, 6.45) is 1.05. The molecule has 3 N–H and O–H groups in total. The van der Waals surface area contributed by atoms with Crippen molar-refractivity contribution in [2.45, 2.75) is 39.8 Å². The maximum atomic E-state index is 12.2. The minimum atomic E-state index is -0.0672. The quantitative estimate of drug-likeness (QED) is 0.727. The molecule has 0 saturated carbocycles. The van der Waals surface area contributed by atoms with Crippen LogP contribution in [0, 0.1) is 5.92 Å². The van der Waals surface area contributed by atoms with E-state index >= 15 is 0 Å². The highest BCUT2D eigenvalue weighted by atomic mass is 16.1. The van der Waals surface area contributed by atoms with Crippen molar-refractivity contribution in [2.24, 2.45) is 5.92 Å². The van der Waals surface area contributed by atoms with E-state index in [1.807, 2.05) is 18.2 Å². The Hall–Kier alpha value is -2.46. The summed E-state index contributed by atoms with van der Waals surface area (Å²) in [7, 11) is 0. The lowest BCUT2D eigenvalue weighted by Gasteiger charge is -2.19. The molecule has 25 heavy (non-hydrogen) atoms. The van der Waals surface area contributed by atoms with Gasteiger partial charge < -0.3 is 10.3 Å². The molecule has 3 aromatic rings. The first-order valence-electron chi connectivity index (χ1n) is 8.98. The first-order valence-corrected chi connectivity index (χ1v) is 8.98. The Labute approximate surface area is 148 Å². The van der Waals surface area contributed by atoms with Crippen molar-refractivity contribution in [2.75, 3.05) is 0 Å². The smallest absolute Gasteiger partial charge is 0.258 e. The molecule has 0 aliphatic rings. The van der Waals surface area contributed by atoms with Crippen molar-refractivity contribution >= 4 is 10.9 Å². The Morgan fingerprint density at radius 1 is 1.08 bits per heavy atom. The zero-order chi connectivity index (χ0) is 17.8. The van der Waals surface area contributed by atoms with Crippen LogP contribution < -0.4 is 10.9 Å². The second-order valence-corrected chi connectivity index (χ2v) is 6.83. The molecule has 0 fully saturated rings. The molecule has 3 rings (SSSR count). The van der Waals surface area contributed by atoms with Crippen LogP contribution in [0.25, 0.3) is 10.9 Å². The number of nitrogens with one attached hydrogen (secondary N) is 1. The van der Waals surface area contributed by atoms with Gasteiger partial charge in [0.15, 0.2) is 5.82 Å². The fourth-order valence-electron chi connectivity index (χ4n) is 3.24. The van der Waals surface area contributed by atoms with Gasteiger partial charge in [-0.15, -0.1) is 0 Å². The molecule has 0 aliphatic carbocycles. The number of nitrogens with two attached hydrogens (primary N) is 1. The van der Waals surface area contributed by atoms with Gasteiger partial charge in [0, 0.05) is 11.5 Å². The number of aryl methyl sites for hydroxylation is 1. The van der Waals surface area contributed by atoms with E-state index in [0.29, 0.717) is 23.9 Å². The van der Waals surface area contributed by atoms with Gasteiger partial charge in [0.1, 0.15) is 12.6 Å². The summed E-state index contributed by atoms with van der Waals surface area (Å²) in [5, 5.41) is 2.90. The average molecular weight is 336 g/mol. The molecule has 0 saturated heterocycles. The van der Waals surface area contributed by atoms with E-state index in [1.165, 1.54) is 11.1 Å². The average Bonchev–Trinajstić information content (AvgIpc) is 2.62. The lowest BCUT2D eigenvalue weighted by atomic mass is 9.95. The molecule has 1 atom stereocenters. The summed E-state index contributed by atoms with van der Waals surface area (Å²) in [6, 6.07) is 16.6. The van der Waals surface area contributed by atoms with Gasteiger partial charge in [-0.3, -0.25) is 4.79 Å². The molecule has 4 nitrogen and oxygen atoms in total. The second kappa shape index (κ2) is 7.62. The minimum Gasteiger partial charge on any atom is -0.334 e. The molecule has 4 heteroatoms. The fourth-order valence-corrected chi connectivity index (χ4v) is 3.24. The van der Waals surface area contributed by atoms with E-state index in [1.54, 1.807) is 6.07 Å². The van der Waals surface area contributed by atoms with Crippen molar-refractivity contribution in [3.05, 3.63) is 75.8 Å². The number of benzene rings is 2. The minimum absolute atomic E-state index is 0.0672. The molecule has 0 unspecified atom stereocenters. The van der Waals surface area contributed by atoms with Crippen LogP contribution in [-0.2, 0) is 13.0 Å². The number of hydrogen-bond donors (Lipinski definition) is 2. The summed E-state index contributed by atoms with van der Waals surface area (Å²) in [5.41, 5.74) is 3.35. The largest absolute Gasteiger partial charge is 0.334 e. The summed E-state index contributed by atoms with van der Waals surface area (Å²) < 4.78 is 0. The third-order valence-corrected chi connectivity index (χ3v) is 4.72. The molecular formula is C21H26N3O+. The van der Waals surface area contributed by atoms with Gasteiger partial charge in [0.2, 0.25) is 0 Å². The first-order chi connectivity index (χ1) is 12.1. The van der Waals surface area contributed by atoms with Crippen LogP contribution in [0.3, 0.4) is 0 Å². The van der Waals surface area contributed by atoms with Crippen LogP contribution in [-0.4, -0.2) is 9.97 Å². The van der Waals surface area contributed by atoms with Gasteiger partial charge in [0.25, 0.3) is 5.56 Å². The van der Waals surface area contributed by atoms with Gasteiger partial charge in [-0.1, -0.05) is 57.2 Å². The third-order valence-electron chi connectivity index (χ3n) is 4.72. The Bertz CT molecular complexity index is 897. The zero-order valence-electron chi connectivity index (χ0n) is 15.1. The maximum absolute atomic E-state index is 12.2. The number of rotatable bonds is 6. The van der Waals surface area contributed by atoms with Crippen LogP contribution in [0.5, 0.6) is 0 Å². The highest BCUT2D eigenvalue weighted by Gasteiger charge is 2.19. The predicted molar refractivity (Wildman–Crippen MR) is 101 cm³/mol. The summed E-state index contributed by atoms with van der Waals surface area (Å²) in [4.78, 5) is 19.7. The SMILES string of the molecule is CCc1ccc([C@H]([NH2+]Cc2nc3ccccc3c(=O)[nH]2)C(C)C)cc1. The summed E-state index contributed by atoms with van der Waals surface area (Å²) >= 11 is 0. The van der Waals surface area contributed by atoms with Crippen LogP contribution in [0.4, 0.5) is 0 Å². The van der Waals surface area contributed by atoms with E-state index in [-0.39, 0.29) is 5.56 Å². The monoisotopic (exact) mass is 336 g/mol. The van der Waals surface area contributed by atoms with Crippen LogP contribution in [0.15, 0.2) is 53.3 Å². The molecule has 1 heterocycles. The molecule has 130 valence electrons. The number of aromatic nitrogens is 2. The first kappa shape index (κ1) is 17.4. The highest BCUT2D eigenvalue weighted by Crippen LogP contribution is 2.18. The van der Waals surface area contributed by atoms with Crippen LogP contribution >= 0.6 is 0 Å². The van der Waals surface area contributed by atoms with Crippen molar-refractivity contribution in [3.63, 3.8) is 0 Å². The lowest BCUT2D eigenvalue weighted by molar-refractivity contribution is -0.718. The Morgan fingerprint density at radius 2 is 1.80 bits per heavy atom. The number of hydrogen-bond acceptors (Lipinski definition) is 2. The Morgan fingerprint density at radius 3 is 2.48 bits per heavy atom. The van der Waals surface area contributed by atoms with Crippen LogP contribution in [0.1, 0.15) is 43.8 Å². The van der Waals surface area contributed by atoms with Gasteiger partial charge >= 0.3 is 0 Å².